The van der Waals surface area contributed by atoms with E-state index in [4.69, 9.17) is 5.11 Å². The van der Waals surface area contributed by atoms with Gasteiger partial charge >= 0.3 is 5.97 Å². The van der Waals surface area contributed by atoms with E-state index in [1.54, 1.807) is 6.07 Å². The number of hydrogen-bond donors (Lipinski definition) is 2. The zero-order valence-electron chi connectivity index (χ0n) is 11.0. The maximum Gasteiger partial charge on any atom is 0.303 e. The zero-order chi connectivity index (χ0) is 15.0. The first-order valence-corrected chi connectivity index (χ1v) is 8.04. The Morgan fingerprint density at radius 3 is 2.45 bits per heavy atom. The summed E-state index contributed by atoms with van der Waals surface area (Å²) in [5.41, 5.74) is 0.610. The van der Waals surface area contributed by atoms with Gasteiger partial charge in [-0.1, -0.05) is 28.8 Å². The summed E-state index contributed by atoms with van der Waals surface area (Å²) >= 11 is 6.70. The molecule has 0 heterocycles. The van der Waals surface area contributed by atoms with Gasteiger partial charge in [-0.15, -0.1) is 0 Å². The lowest BCUT2D eigenvalue weighted by atomic mass is 10.1. The van der Waals surface area contributed by atoms with Crippen LogP contribution >= 0.6 is 31.9 Å². The van der Waals surface area contributed by atoms with Crippen molar-refractivity contribution in [3.63, 3.8) is 0 Å². The van der Waals surface area contributed by atoms with E-state index in [1.807, 2.05) is 12.1 Å². The predicted octanol–water partition coefficient (Wildman–Crippen LogP) is 3.98. The second-order valence-corrected chi connectivity index (χ2v) is 6.21. The molecule has 0 saturated carbocycles. The Morgan fingerprint density at radius 2 is 1.80 bits per heavy atom. The molecule has 0 unspecified atom stereocenters. The van der Waals surface area contributed by atoms with Crippen LogP contribution < -0.4 is 5.32 Å². The fourth-order valence-electron chi connectivity index (χ4n) is 1.73. The van der Waals surface area contributed by atoms with Gasteiger partial charge in [0, 0.05) is 21.9 Å². The van der Waals surface area contributed by atoms with Gasteiger partial charge in [-0.05, 0) is 47.0 Å². The van der Waals surface area contributed by atoms with Gasteiger partial charge in [0.05, 0.1) is 5.56 Å². The third-order valence-electron chi connectivity index (χ3n) is 2.78. The number of benzene rings is 1. The molecule has 0 radical (unpaired) electrons. The summed E-state index contributed by atoms with van der Waals surface area (Å²) in [4.78, 5) is 22.2. The molecule has 0 bridgehead atoms. The number of rotatable bonds is 8. The van der Waals surface area contributed by atoms with Gasteiger partial charge in [0.15, 0.2) is 0 Å². The van der Waals surface area contributed by atoms with Crippen LogP contribution in [0.5, 0.6) is 0 Å². The van der Waals surface area contributed by atoms with Crippen molar-refractivity contribution in [3.8, 4) is 0 Å². The number of halogens is 2. The lowest BCUT2D eigenvalue weighted by molar-refractivity contribution is -0.137. The van der Waals surface area contributed by atoms with E-state index in [-0.39, 0.29) is 12.3 Å². The van der Waals surface area contributed by atoms with Crippen molar-refractivity contribution < 1.29 is 14.7 Å². The van der Waals surface area contributed by atoms with Gasteiger partial charge in [0.1, 0.15) is 0 Å². The van der Waals surface area contributed by atoms with Crippen LogP contribution in [-0.4, -0.2) is 23.5 Å². The van der Waals surface area contributed by atoms with Crippen molar-refractivity contribution in [2.45, 2.75) is 32.1 Å². The van der Waals surface area contributed by atoms with Crippen molar-refractivity contribution in [3.05, 3.63) is 32.7 Å². The Bertz CT molecular complexity index is 477. The van der Waals surface area contributed by atoms with E-state index >= 15 is 0 Å². The molecule has 0 aromatic heterocycles. The van der Waals surface area contributed by atoms with E-state index < -0.39 is 5.97 Å². The summed E-state index contributed by atoms with van der Waals surface area (Å²) in [5.74, 6) is -0.853. The van der Waals surface area contributed by atoms with Crippen LogP contribution in [0.1, 0.15) is 42.5 Å². The van der Waals surface area contributed by atoms with Gasteiger partial charge < -0.3 is 10.4 Å². The van der Waals surface area contributed by atoms with Crippen LogP contribution in [0.25, 0.3) is 0 Å². The number of carbonyl (C=O) groups is 2. The lowest BCUT2D eigenvalue weighted by Crippen LogP contribution is -2.24. The van der Waals surface area contributed by atoms with Crippen molar-refractivity contribution >= 4 is 43.7 Å². The Balaban J connectivity index is 2.22. The topological polar surface area (TPSA) is 66.4 Å². The van der Waals surface area contributed by atoms with E-state index in [9.17, 15) is 9.59 Å². The van der Waals surface area contributed by atoms with Crippen molar-refractivity contribution in [1.29, 1.82) is 0 Å². The minimum atomic E-state index is -0.751. The van der Waals surface area contributed by atoms with Gasteiger partial charge in [-0.2, -0.15) is 0 Å². The summed E-state index contributed by atoms with van der Waals surface area (Å²) in [6, 6.07) is 5.42. The normalized spacial score (nSPS) is 10.3. The largest absolute Gasteiger partial charge is 0.481 e. The number of unbranched alkanes of at least 4 members (excludes halogenated alkanes) is 3. The highest BCUT2D eigenvalue weighted by atomic mass is 79.9. The monoisotopic (exact) mass is 405 g/mol. The molecule has 110 valence electrons. The fourth-order valence-corrected chi connectivity index (χ4v) is 2.95. The molecule has 0 saturated heterocycles. The first-order chi connectivity index (χ1) is 9.50. The first kappa shape index (κ1) is 17.2. The molecule has 0 spiro atoms. The highest BCUT2D eigenvalue weighted by Gasteiger charge is 2.09. The second kappa shape index (κ2) is 9.13. The molecule has 1 amide bonds. The molecule has 0 aliphatic carbocycles. The van der Waals surface area contributed by atoms with Crippen LogP contribution in [-0.2, 0) is 4.79 Å². The average molecular weight is 407 g/mol. The lowest BCUT2D eigenvalue weighted by Gasteiger charge is -2.07. The Morgan fingerprint density at radius 1 is 1.10 bits per heavy atom. The van der Waals surface area contributed by atoms with E-state index in [0.29, 0.717) is 18.5 Å². The minimum absolute atomic E-state index is 0.102. The Labute approximate surface area is 135 Å². The molecular weight excluding hydrogens is 390 g/mol. The smallest absolute Gasteiger partial charge is 0.303 e. The third-order valence-corrected chi connectivity index (χ3v) is 3.93. The average Bonchev–Trinajstić information content (AvgIpc) is 2.37. The molecule has 4 nitrogen and oxygen atoms in total. The van der Waals surface area contributed by atoms with Crippen LogP contribution in [0.4, 0.5) is 0 Å². The molecule has 0 aliphatic rings. The number of aliphatic carboxylic acids is 1. The molecule has 0 fully saturated rings. The van der Waals surface area contributed by atoms with Crippen molar-refractivity contribution in [1.82, 2.24) is 5.32 Å². The molecule has 20 heavy (non-hydrogen) atoms. The van der Waals surface area contributed by atoms with Crippen molar-refractivity contribution in [2.75, 3.05) is 6.54 Å². The number of hydrogen-bond acceptors (Lipinski definition) is 2. The fraction of sp³-hybridized carbons (Fsp3) is 0.429. The number of carbonyl (C=O) groups excluding carboxylic acids is 1. The summed E-state index contributed by atoms with van der Waals surface area (Å²) in [6.07, 6.45) is 3.58. The summed E-state index contributed by atoms with van der Waals surface area (Å²) in [5, 5.41) is 11.4. The SMILES string of the molecule is O=C(O)CCCCCCNC(=O)c1ccc(Br)cc1Br. The van der Waals surface area contributed by atoms with Gasteiger partial charge in [0.2, 0.25) is 0 Å². The van der Waals surface area contributed by atoms with Crippen LogP contribution in [0.2, 0.25) is 0 Å². The highest BCUT2D eigenvalue weighted by molar-refractivity contribution is 9.11. The second-order valence-electron chi connectivity index (χ2n) is 4.44. The zero-order valence-corrected chi connectivity index (χ0v) is 14.2. The number of nitrogens with one attached hydrogen (secondary N) is 1. The standard InChI is InChI=1S/C14H17Br2NO3/c15-10-6-7-11(12(16)9-10)14(20)17-8-4-2-1-3-5-13(18)19/h6-7,9H,1-5,8H2,(H,17,20)(H,18,19). The number of amides is 1. The summed E-state index contributed by atoms with van der Waals surface area (Å²) in [7, 11) is 0. The molecule has 6 heteroatoms. The Kier molecular flexibility index (Phi) is 7.84. The molecular formula is C14H17Br2NO3. The molecule has 1 rings (SSSR count). The molecule has 0 atom stereocenters. The maximum atomic E-state index is 11.9. The number of carboxylic acids is 1. The quantitative estimate of drug-likeness (QED) is 0.641. The highest BCUT2D eigenvalue weighted by Crippen LogP contribution is 2.21. The number of carboxylic acid groups (broad SMARTS) is 1. The van der Waals surface area contributed by atoms with Crippen LogP contribution in [0.3, 0.4) is 0 Å². The van der Waals surface area contributed by atoms with E-state index in [2.05, 4.69) is 37.2 Å². The van der Waals surface area contributed by atoms with Crippen LogP contribution in [0.15, 0.2) is 27.1 Å². The summed E-state index contributed by atoms with van der Waals surface area (Å²) < 4.78 is 1.67. The first-order valence-electron chi connectivity index (χ1n) is 6.45. The van der Waals surface area contributed by atoms with Crippen LogP contribution in [0, 0.1) is 0 Å². The van der Waals surface area contributed by atoms with Crippen molar-refractivity contribution in [2.24, 2.45) is 0 Å². The third kappa shape index (κ3) is 6.52. The summed E-state index contributed by atoms with van der Waals surface area (Å²) in [6.45, 7) is 0.606. The van der Waals surface area contributed by atoms with E-state index in [1.165, 1.54) is 0 Å². The molecule has 1 aromatic carbocycles. The Hall–Kier alpha value is -0.880. The van der Waals surface area contributed by atoms with Gasteiger partial charge in [-0.3, -0.25) is 9.59 Å². The van der Waals surface area contributed by atoms with E-state index in [0.717, 1.165) is 28.2 Å². The van der Waals surface area contributed by atoms with Gasteiger partial charge in [-0.25, -0.2) is 0 Å². The predicted molar refractivity (Wildman–Crippen MR) is 84.9 cm³/mol. The minimum Gasteiger partial charge on any atom is -0.481 e. The molecule has 2 N–H and O–H groups in total. The van der Waals surface area contributed by atoms with Gasteiger partial charge in [0.25, 0.3) is 5.91 Å². The molecule has 1 aromatic rings. The maximum absolute atomic E-state index is 11.9. The molecule has 0 aliphatic heterocycles.